The number of non-ortho nitro benzene ring substituents is 1. The molecule has 2 aromatic carbocycles. The number of halogens is 2. The van der Waals surface area contributed by atoms with E-state index in [9.17, 15) is 14.9 Å². The van der Waals surface area contributed by atoms with E-state index in [1.807, 2.05) is 6.92 Å². The van der Waals surface area contributed by atoms with E-state index in [1.54, 1.807) is 12.1 Å². The lowest BCUT2D eigenvalue weighted by molar-refractivity contribution is -0.384. The first kappa shape index (κ1) is 18.0. The Bertz CT molecular complexity index is 781. The largest absolute Gasteiger partial charge is 0.491 e. The highest BCUT2D eigenvalue weighted by Gasteiger charge is 2.17. The first-order chi connectivity index (χ1) is 11.4. The molecular weight excluding hydrogens is 355 g/mol. The number of nitrogens with one attached hydrogen (secondary N) is 1. The number of nitro benzene ring substituents is 1. The van der Waals surface area contributed by atoms with Crippen LogP contribution in [0.4, 0.5) is 11.4 Å². The SMILES string of the molecule is CCCOc1ccc(Cl)cc1NC(=O)c1cc([N+](=O)[O-])ccc1Cl. The number of hydrogen-bond acceptors (Lipinski definition) is 4. The lowest BCUT2D eigenvalue weighted by atomic mass is 10.1. The van der Waals surface area contributed by atoms with Crippen molar-refractivity contribution >= 4 is 40.5 Å². The Balaban J connectivity index is 2.31. The van der Waals surface area contributed by atoms with Crippen molar-refractivity contribution < 1.29 is 14.5 Å². The van der Waals surface area contributed by atoms with Gasteiger partial charge in [0.05, 0.1) is 27.8 Å². The molecular formula is C16H14Cl2N2O4. The van der Waals surface area contributed by atoms with Crippen molar-refractivity contribution in [3.8, 4) is 5.75 Å². The molecule has 0 aliphatic carbocycles. The molecule has 0 aliphatic rings. The van der Waals surface area contributed by atoms with Gasteiger partial charge >= 0.3 is 0 Å². The third-order valence-corrected chi connectivity index (χ3v) is 3.62. The quantitative estimate of drug-likeness (QED) is 0.577. The topological polar surface area (TPSA) is 81.5 Å². The van der Waals surface area contributed by atoms with Gasteiger partial charge in [-0.3, -0.25) is 14.9 Å². The minimum atomic E-state index is -0.595. The molecule has 8 heteroatoms. The standard InChI is InChI=1S/C16H14Cl2N2O4/c1-2-7-24-15-6-3-10(17)8-14(15)19-16(21)12-9-11(20(22)23)4-5-13(12)18/h3-6,8-9H,2,7H2,1H3,(H,19,21). The van der Waals surface area contributed by atoms with E-state index in [2.05, 4.69) is 5.32 Å². The zero-order valence-electron chi connectivity index (χ0n) is 12.7. The lowest BCUT2D eigenvalue weighted by Crippen LogP contribution is -2.14. The number of benzene rings is 2. The van der Waals surface area contributed by atoms with Crippen LogP contribution < -0.4 is 10.1 Å². The molecule has 2 rings (SSSR count). The van der Waals surface area contributed by atoms with E-state index in [1.165, 1.54) is 18.2 Å². The predicted molar refractivity (Wildman–Crippen MR) is 93.3 cm³/mol. The van der Waals surface area contributed by atoms with E-state index in [0.29, 0.717) is 23.1 Å². The summed E-state index contributed by atoms with van der Waals surface area (Å²) in [6, 6.07) is 8.48. The summed E-state index contributed by atoms with van der Waals surface area (Å²) in [5.41, 5.74) is 0.133. The number of anilines is 1. The average Bonchev–Trinajstić information content (AvgIpc) is 2.54. The Morgan fingerprint density at radius 1 is 1.25 bits per heavy atom. The summed E-state index contributed by atoms with van der Waals surface area (Å²) in [5, 5.41) is 14.0. The maximum absolute atomic E-state index is 12.4. The van der Waals surface area contributed by atoms with Crippen LogP contribution >= 0.6 is 23.2 Å². The molecule has 0 spiro atoms. The summed E-state index contributed by atoms with van der Waals surface area (Å²) in [5.74, 6) is -0.136. The van der Waals surface area contributed by atoms with Crippen molar-refractivity contribution in [2.45, 2.75) is 13.3 Å². The van der Waals surface area contributed by atoms with Gasteiger partial charge in [0.15, 0.2) is 0 Å². The van der Waals surface area contributed by atoms with Crippen molar-refractivity contribution in [3.63, 3.8) is 0 Å². The molecule has 0 saturated carbocycles. The zero-order chi connectivity index (χ0) is 17.7. The van der Waals surface area contributed by atoms with Crippen LogP contribution in [0.5, 0.6) is 5.75 Å². The van der Waals surface area contributed by atoms with Gasteiger partial charge in [0.1, 0.15) is 5.75 Å². The lowest BCUT2D eigenvalue weighted by Gasteiger charge is -2.13. The van der Waals surface area contributed by atoms with Gasteiger partial charge in [0, 0.05) is 17.2 Å². The van der Waals surface area contributed by atoms with E-state index in [0.717, 1.165) is 12.5 Å². The molecule has 0 aliphatic heterocycles. The van der Waals surface area contributed by atoms with Crippen LogP contribution in [0, 0.1) is 10.1 Å². The number of hydrogen-bond donors (Lipinski definition) is 1. The first-order valence-electron chi connectivity index (χ1n) is 7.10. The fourth-order valence-electron chi connectivity index (χ4n) is 1.93. The summed E-state index contributed by atoms with van der Waals surface area (Å²) in [6.45, 7) is 2.43. The zero-order valence-corrected chi connectivity index (χ0v) is 14.2. The van der Waals surface area contributed by atoms with Gasteiger partial charge in [-0.05, 0) is 30.7 Å². The van der Waals surface area contributed by atoms with Gasteiger partial charge in [-0.15, -0.1) is 0 Å². The normalized spacial score (nSPS) is 10.3. The van der Waals surface area contributed by atoms with Crippen molar-refractivity contribution in [3.05, 3.63) is 62.1 Å². The third-order valence-electron chi connectivity index (χ3n) is 3.06. The Hall–Kier alpha value is -2.31. The number of nitrogens with zero attached hydrogens (tertiary/aromatic N) is 1. The van der Waals surface area contributed by atoms with Gasteiger partial charge in [0.2, 0.25) is 0 Å². The van der Waals surface area contributed by atoms with Crippen molar-refractivity contribution in [1.29, 1.82) is 0 Å². The summed E-state index contributed by atoms with van der Waals surface area (Å²) in [6.07, 6.45) is 0.798. The van der Waals surface area contributed by atoms with Crippen LogP contribution in [-0.2, 0) is 0 Å². The second kappa shape index (κ2) is 7.99. The van der Waals surface area contributed by atoms with E-state index >= 15 is 0 Å². The van der Waals surface area contributed by atoms with Crippen LogP contribution in [0.2, 0.25) is 10.0 Å². The van der Waals surface area contributed by atoms with Crippen LogP contribution in [0.1, 0.15) is 23.7 Å². The highest BCUT2D eigenvalue weighted by molar-refractivity contribution is 6.34. The summed E-state index contributed by atoms with van der Waals surface area (Å²) >= 11 is 11.9. The monoisotopic (exact) mass is 368 g/mol. The molecule has 0 aromatic heterocycles. The van der Waals surface area contributed by atoms with Crippen molar-refractivity contribution in [1.82, 2.24) is 0 Å². The van der Waals surface area contributed by atoms with Crippen molar-refractivity contribution in [2.24, 2.45) is 0 Å². The number of rotatable bonds is 6. The Labute approximate surface area is 148 Å². The van der Waals surface area contributed by atoms with Crippen LogP contribution in [0.15, 0.2) is 36.4 Å². The van der Waals surface area contributed by atoms with Crippen LogP contribution in [0.25, 0.3) is 0 Å². The molecule has 24 heavy (non-hydrogen) atoms. The second-order valence-corrected chi connectivity index (χ2v) is 5.71. The fourth-order valence-corrected chi connectivity index (χ4v) is 2.30. The molecule has 2 aromatic rings. The molecule has 0 atom stereocenters. The molecule has 0 bridgehead atoms. The highest BCUT2D eigenvalue weighted by Crippen LogP contribution is 2.30. The number of amides is 1. The number of carbonyl (C=O) groups is 1. The van der Waals surface area contributed by atoms with Crippen molar-refractivity contribution in [2.75, 3.05) is 11.9 Å². The molecule has 1 N–H and O–H groups in total. The van der Waals surface area contributed by atoms with Crippen LogP contribution in [0.3, 0.4) is 0 Å². The van der Waals surface area contributed by atoms with Gasteiger partial charge in [-0.25, -0.2) is 0 Å². The molecule has 0 unspecified atom stereocenters. The molecule has 0 heterocycles. The average molecular weight is 369 g/mol. The summed E-state index contributed by atoms with van der Waals surface area (Å²) in [7, 11) is 0. The Morgan fingerprint density at radius 3 is 2.67 bits per heavy atom. The van der Waals surface area contributed by atoms with Crippen LogP contribution in [-0.4, -0.2) is 17.4 Å². The second-order valence-electron chi connectivity index (χ2n) is 4.86. The first-order valence-corrected chi connectivity index (χ1v) is 7.85. The predicted octanol–water partition coefficient (Wildman–Crippen LogP) is 4.94. The van der Waals surface area contributed by atoms with Gasteiger partial charge < -0.3 is 10.1 Å². The van der Waals surface area contributed by atoms with E-state index in [-0.39, 0.29) is 16.3 Å². The Kier molecular flexibility index (Phi) is 6.00. The third kappa shape index (κ3) is 4.37. The molecule has 6 nitrogen and oxygen atoms in total. The van der Waals surface area contributed by atoms with Gasteiger partial charge in [0.25, 0.3) is 11.6 Å². The van der Waals surface area contributed by atoms with Gasteiger partial charge in [-0.2, -0.15) is 0 Å². The number of ether oxygens (including phenoxy) is 1. The molecule has 0 radical (unpaired) electrons. The van der Waals surface area contributed by atoms with Gasteiger partial charge in [-0.1, -0.05) is 30.1 Å². The molecule has 126 valence electrons. The minimum absolute atomic E-state index is 0.00714. The summed E-state index contributed by atoms with van der Waals surface area (Å²) < 4.78 is 5.56. The fraction of sp³-hybridized carbons (Fsp3) is 0.188. The molecule has 0 saturated heterocycles. The number of nitro groups is 1. The maximum atomic E-state index is 12.4. The maximum Gasteiger partial charge on any atom is 0.270 e. The highest BCUT2D eigenvalue weighted by atomic mass is 35.5. The molecule has 0 fully saturated rings. The minimum Gasteiger partial charge on any atom is -0.491 e. The smallest absolute Gasteiger partial charge is 0.270 e. The van der Waals surface area contributed by atoms with E-state index < -0.39 is 10.8 Å². The Morgan fingerprint density at radius 2 is 2.00 bits per heavy atom. The van der Waals surface area contributed by atoms with E-state index in [4.69, 9.17) is 27.9 Å². The number of carbonyl (C=O) groups excluding carboxylic acids is 1. The summed E-state index contributed by atoms with van der Waals surface area (Å²) in [4.78, 5) is 22.7. The molecule has 1 amide bonds.